The second kappa shape index (κ2) is 2.10. The summed E-state index contributed by atoms with van der Waals surface area (Å²) in [6.07, 6.45) is 0. The van der Waals surface area contributed by atoms with E-state index in [0.29, 0.717) is 0 Å². The Morgan fingerprint density at radius 3 is 1.50 bits per heavy atom. The van der Waals surface area contributed by atoms with E-state index in [1.54, 1.807) is 0 Å². The topological polar surface area (TPSA) is 3.24 Å². The van der Waals surface area contributed by atoms with Gasteiger partial charge < -0.3 is 0 Å². The predicted molar refractivity (Wildman–Crippen MR) is 19.4 cm³/mol. The van der Waals surface area contributed by atoms with Gasteiger partial charge in [0, 0.05) is 0 Å². The van der Waals surface area contributed by atoms with E-state index >= 15 is 0 Å². The van der Waals surface area contributed by atoms with E-state index in [0.717, 1.165) is 0 Å². The number of rotatable bonds is 0. The Bertz CT molecular complexity index is 10.8. The van der Waals surface area contributed by atoms with Crippen LogP contribution in [0.15, 0.2) is 0 Å². The van der Waals surface area contributed by atoms with Crippen LogP contribution in [0, 0.1) is 0 Å². The van der Waals surface area contributed by atoms with E-state index in [2.05, 4.69) is 2.84 Å². The van der Waals surface area contributed by atoms with Crippen LogP contribution >= 0.6 is 0 Å². The molecule has 0 aliphatic carbocycles. The van der Waals surface area contributed by atoms with E-state index in [-0.39, 0.29) is 0 Å². The summed E-state index contributed by atoms with van der Waals surface area (Å²) in [6, 6.07) is 0. The van der Waals surface area contributed by atoms with E-state index < -0.39 is 0 Å². The maximum absolute atomic E-state index is 2.11. The monoisotopic (exact) mass is 253 g/mol. The average molecular weight is 253 g/mol. The summed E-state index contributed by atoms with van der Waals surface area (Å²) >= 11 is 1.35. The second-order valence-corrected chi connectivity index (χ2v) is 3.96. The molecule has 0 fully saturated rings. The van der Waals surface area contributed by atoms with Crippen molar-refractivity contribution < 1.29 is 0 Å². The van der Waals surface area contributed by atoms with E-state index in [9.17, 15) is 0 Å². The van der Waals surface area contributed by atoms with E-state index in [4.69, 9.17) is 0 Å². The Balaban J connectivity index is 2.32. The summed E-state index contributed by atoms with van der Waals surface area (Å²) < 4.78 is 2.11. The van der Waals surface area contributed by atoms with Crippen LogP contribution in [-0.4, -0.2) is 41.9 Å². The summed E-state index contributed by atoms with van der Waals surface area (Å²) in [7, 11) is 4.10. The van der Waals surface area contributed by atoms with E-state index in [1.807, 2.05) is 14.1 Å². The van der Waals surface area contributed by atoms with Crippen molar-refractivity contribution in [1.82, 2.24) is 2.84 Å². The van der Waals surface area contributed by atoms with Crippen molar-refractivity contribution in [2.45, 2.75) is 0 Å². The molecule has 0 spiro atoms. The molecule has 0 N–H and O–H groups in total. The summed E-state index contributed by atoms with van der Waals surface area (Å²) in [5.41, 5.74) is 0. The minimum atomic E-state index is 1.35. The standard InChI is InChI=1S/C2H6N.Bi/c1-3-2;/h1-2H3;/q-1;+1. The van der Waals surface area contributed by atoms with Gasteiger partial charge in [0.25, 0.3) is 0 Å². The minimum absolute atomic E-state index is 1.35. The Morgan fingerprint density at radius 2 is 1.50 bits per heavy atom. The normalized spacial score (nSPS) is 9.00. The Morgan fingerprint density at radius 1 is 1.50 bits per heavy atom. The van der Waals surface area contributed by atoms with Crippen molar-refractivity contribution in [2.24, 2.45) is 0 Å². The molecule has 0 saturated carbocycles. The first kappa shape index (κ1) is 4.84. The van der Waals surface area contributed by atoms with Crippen LogP contribution in [0.5, 0.6) is 0 Å². The molecule has 0 aliphatic rings. The van der Waals surface area contributed by atoms with Crippen LogP contribution in [0.3, 0.4) is 0 Å². The second-order valence-electron chi connectivity index (χ2n) is 0.847. The van der Waals surface area contributed by atoms with Crippen LogP contribution in [0.25, 0.3) is 0 Å². The van der Waals surface area contributed by atoms with Gasteiger partial charge in [-0.15, -0.1) is 0 Å². The van der Waals surface area contributed by atoms with Crippen molar-refractivity contribution >= 4 is 25.0 Å². The molecular weight excluding hydrogens is 247 g/mol. The Labute approximate surface area is 42.2 Å². The van der Waals surface area contributed by atoms with Gasteiger partial charge in [0.05, 0.1) is 0 Å². The average Bonchev–Trinajstić information content (AvgIpc) is 0.811. The van der Waals surface area contributed by atoms with Crippen molar-refractivity contribution in [3.63, 3.8) is 0 Å². The molecule has 0 bridgehead atoms. The van der Waals surface area contributed by atoms with Crippen LogP contribution < -0.4 is 0 Å². The molecule has 4 heavy (non-hydrogen) atoms. The number of hydrogen-bond acceptors (Lipinski definition) is 1. The van der Waals surface area contributed by atoms with Gasteiger partial charge in [0.1, 0.15) is 0 Å². The third-order valence-corrected chi connectivity index (χ3v) is 0. The van der Waals surface area contributed by atoms with Crippen LogP contribution in [-0.2, 0) is 0 Å². The molecule has 0 aromatic heterocycles. The molecule has 0 atom stereocenters. The first-order chi connectivity index (χ1) is 1.73. The fourth-order valence-corrected chi connectivity index (χ4v) is 0. The van der Waals surface area contributed by atoms with Gasteiger partial charge in [-0.25, -0.2) is 0 Å². The molecule has 2 radical (unpaired) electrons. The molecule has 0 amide bonds. The third kappa shape index (κ3) is 13.6. The molecule has 0 aromatic carbocycles. The van der Waals surface area contributed by atoms with Gasteiger partial charge in [-0.05, 0) is 0 Å². The molecule has 2 heteroatoms. The fourth-order valence-electron chi connectivity index (χ4n) is 0. The molecule has 0 saturated heterocycles. The van der Waals surface area contributed by atoms with Gasteiger partial charge in [-0.2, -0.15) is 0 Å². The van der Waals surface area contributed by atoms with E-state index in [1.165, 1.54) is 25.0 Å². The third-order valence-electron chi connectivity index (χ3n) is 0. The number of hydrogen-bond donors (Lipinski definition) is 0. The van der Waals surface area contributed by atoms with Crippen LogP contribution in [0.1, 0.15) is 0 Å². The first-order valence-corrected chi connectivity index (χ1v) is 2.65. The van der Waals surface area contributed by atoms with Crippen LogP contribution in [0.2, 0.25) is 0 Å². The van der Waals surface area contributed by atoms with Crippen molar-refractivity contribution in [1.29, 1.82) is 0 Å². The summed E-state index contributed by atoms with van der Waals surface area (Å²) in [4.78, 5) is 0. The Hall–Kier alpha value is 0.843. The maximum atomic E-state index is 2.11. The molecule has 0 heterocycles. The Kier molecular flexibility index (Phi) is 2.55. The van der Waals surface area contributed by atoms with Crippen molar-refractivity contribution in [3.8, 4) is 0 Å². The quantitative estimate of drug-likeness (QED) is 0.532. The number of nitrogens with zero attached hydrogens (tertiary/aromatic N) is 1. The molecular formula is C2H6BiN. The zero-order valence-electron chi connectivity index (χ0n) is 2.89. The van der Waals surface area contributed by atoms with Crippen LogP contribution in [0.4, 0.5) is 0 Å². The molecule has 0 aliphatic heterocycles. The van der Waals surface area contributed by atoms with Gasteiger partial charge in [0.15, 0.2) is 0 Å². The van der Waals surface area contributed by atoms with Crippen molar-refractivity contribution in [3.05, 3.63) is 0 Å². The van der Waals surface area contributed by atoms with Gasteiger partial charge in [-0.3, -0.25) is 0 Å². The zero-order valence-corrected chi connectivity index (χ0v) is 6.37. The fraction of sp³-hybridized carbons (Fsp3) is 1.00. The predicted octanol–water partition coefficient (Wildman–Crippen LogP) is -0.369. The van der Waals surface area contributed by atoms with Gasteiger partial charge in [0.2, 0.25) is 0 Å². The van der Waals surface area contributed by atoms with Crippen molar-refractivity contribution in [2.75, 3.05) is 14.1 Å². The molecule has 0 aromatic rings. The van der Waals surface area contributed by atoms with Gasteiger partial charge >= 0.3 is 41.9 Å². The zero-order chi connectivity index (χ0) is 3.58. The molecule has 1 nitrogen and oxygen atoms in total. The molecule has 0 rings (SSSR count). The summed E-state index contributed by atoms with van der Waals surface area (Å²) in [5, 5.41) is 0. The summed E-state index contributed by atoms with van der Waals surface area (Å²) in [5.74, 6) is 0. The molecule has 24 valence electrons. The summed E-state index contributed by atoms with van der Waals surface area (Å²) in [6.45, 7) is 0. The first-order valence-electron chi connectivity index (χ1n) is 1.09. The SMILES string of the molecule is C[N](C)[Bi]. The molecule has 0 unspecified atom stereocenters. The van der Waals surface area contributed by atoms with Gasteiger partial charge in [-0.1, -0.05) is 0 Å².